The number of carbonyl (C=O) groups is 2. The van der Waals surface area contributed by atoms with E-state index in [9.17, 15) is 9.59 Å². The highest BCUT2D eigenvalue weighted by Crippen LogP contribution is 2.31. The predicted octanol–water partition coefficient (Wildman–Crippen LogP) is 3.64. The minimum atomic E-state index is -0.558. The standard InChI is InChI=1S/C25H32N4O2/c1-16(2)24(28-17(3)30)25(31)27-14-21(18-10-12-19(13-11-18)29(4)5)22-15-26-23-9-7-6-8-20(22)23/h6-13,15-16,21,24,26H,14H2,1-5H3,(H,27,31)(H,28,30). The van der Waals surface area contributed by atoms with Gasteiger partial charge in [0.2, 0.25) is 11.8 Å². The van der Waals surface area contributed by atoms with Gasteiger partial charge in [-0.15, -0.1) is 0 Å². The summed E-state index contributed by atoms with van der Waals surface area (Å²) < 4.78 is 0. The predicted molar refractivity (Wildman–Crippen MR) is 126 cm³/mol. The van der Waals surface area contributed by atoms with Crippen LogP contribution in [-0.4, -0.2) is 43.5 Å². The molecule has 0 aliphatic heterocycles. The largest absolute Gasteiger partial charge is 0.378 e. The number of nitrogens with zero attached hydrogens (tertiary/aromatic N) is 1. The Morgan fingerprint density at radius 3 is 2.32 bits per heavy atom. The lowest BCUT2D eigenvalue weighted by Crippen LogP contribution is -2.49. The molecule has 3 aromatic rings. The lowest BCUT2D eigenvalue weighted by atomic mass is 9.90. The van der Waals surface area contributed by atoms with E-state index in [2.05, 4.69) is 56.9 Å². The SMILES string of the molecule is CC(=O)NC(C(=O)NCC(c1ccc(N(C)C)cc1)c1c[nH]c2ccccc12)C(C)C. The molecule has 1 heterocycles. The average molecular weight is 421 g/mol. The first kappa shape index (κ1) is 22.4. The van der Waals surface area contributed by atoms with Gasteiger partial charge < -0.3 is 20.5 Å². The summed E-state index contributed by atoms with van der Waals surface area (Å²) in [6.45, 7) is 5.73. The van der Waals surface area contributed by atoms with Gasteiger partial charge in [0.25, 0.3) is 0 Å². The molecule has 0 saturated carbocycles. The Hall–Kier alpha value is -3.28. The van der Waals surface area contributed by atoms with E-state index in [0.29, 0.717) is 6.54 Å². The molecule has 0 radical (unpaired) electrons. The lowest BCUT2D eigenvalue weighted by Gasteiger charge is -2.24. The molecule has 2 amide bonds. The molecule has 0 fully saturated rings. The normalized spacial score (nSPS) is 13.1. The van der Waals surface area contributed by atoms with Crippen LogP contribution in [0.5, 0.6) is 0 Å². The third kappa shape index (κ3) is 5.26. The van der Waals surface area contributed by atoms with Crippen LogP contribution < -0.4 is 15.5 Å². The van der Waals surface area contributed by atoms with Gasteiger partial charge >= 0.3 is 0 Å². The van der Waals surface area contributed by atoms with Gasteiger partial charge in [-0.25, -0.2) is 0 Å². The van der Waals surface area contributed by atoms with Crippen LogP contribution in [0.2, 0.25) is 0 Å². The number of nitrogens with one attached hydrogen (secondary N) is 3. The summed E-state index contributed by atoms with van der Waals surface area (Å²) >= 11 is 0. The van der Waals surface area contributed by atoms with E-state index < -0.39 is 6.04 Å². The first-order valence-corrected chi connectivity index (χ1v) is 10.7. The van der Waals surface area contributed by atoms with Crippen molar-refractivity contribution in [1.29, 1.82) is 0 Å². The van der Waals surface area contributed by atoms with Gasteiger partial charge in [-0.3, -0.25) is 9.59 Å². The average Bonchev–Trinajstić information content (AvgIpc) is 3.16. The van der Waals surface area contributed by atoms with Crippen molar-refractivity contribution in [3.63, 3.8) is 0 Å². The van der Waals surface area contributed by atoms with Crippen LogP contribution in [0.25, 0.3) is 10.9 Å². The summed E-state index contributed by atoms with van der Waals surface area (Å²) in [4.78, 5) is 29.8. The molecule has 3 N–H and O–H groups in total. The van der Waals surface area contributed by atoms with Gasteiger partial charge in [0.05, 0.1) is 0 Å². The fourth-order valence-electron chi connectivity index (χ4n) is 3.86. The third-order valence-electron chi connectivity index (χ3n) is 5.60. The van der Waals surface area contributed by atoms with Crippen molar-refractivity contribution in [1.82, 2.24) is 15.6 Å². The topological polar surface area (TPSA) is 77.2 Å². The minimum absolute atomic E-state index is 0.00480. The quantitative estimate of drug-likeness (QED) is 0.521. The first-order valence-electron chi connectivity index (χ1n) is 10.7. The Kier molecular flexibility index (Phi) is 7.00. The van der Waals surface area contributed by atoms with E-state index in [1.807, 2.05) is 46.3 Å². The molecule has 0 spiro atoms. The Morgan fingerprint density at radius 2 is 1.71 bits per heavy atom. The van der Waals surface area contributed by atoms with Crippen molar-refractivity contribution in [3.8, 4) is 0 Å². The number of aromatic amines is 1. The molecule has 0 bridgehead atoms. The molecule has 0 saturated heterocycles. The summed E-state index contributed by atoms with van der Waals surface area (Å²) in [7, 11) is 4.03. The molecule has 1 aromatic heterocycles. The van der Waals surface area contributed by atoms with Crippen LogP contribution in [-0.2, 0) is 9.59 Å². The number of hydrogen-bond acceptors (Lipinski definition) is 3. The Morgan fingerprint density at radius 1 is 1.03 bits per heavy atom. The van der Waals surface area contributed by atoms with Crippen molar-refractivity contribution < 1.29 is 9.59 Å². The molecule has 2 unspecified atom stereocenters. The maximum absolute atomic E-state index is 12.9. The van der Waals surface area contributed by atoms with Gasteiger partial charge in [-0.1, -0.05) is 44.2 Å². The van der Waals surface area contributed by atoms with E-state index >= 15 is 0 Å². The lowest BCUT2D eigenvalue weighted by molar-refractivity contribution is -0.129. The summed E-state index contributed by atoms with van der Waals surface area (Å²) in [5.74, 6) is -0.405. The number of carbonyl (C=O) groups excluding carboxylic acids is 2. The zero-order valence-electron chi connectivity index (χ0n) is 18.9. The molecule has 164 valence electrons. The molecule has 0 aliphatic rings. The Bertz CT molecular complexity index is 1040. The summed E-state index contributed by atoms with van der Waals surface area (Å²) in [6.07, 6.45) is 2.02. The summed E-state index contributed by atoms with van der Waals surface area (Å²) in [5, 5.41) is 6.98. The van der Waals surface area contributed by atoms with Crippen LogP contribution in [0.15, 0.2) is 54.7 Å². The van der Waals surface area contributed by atoms with Crippen LogP contribution in [0, 0.1) is 5.92 Å². The maximum atomic E-state index is 12.9. The number of para-hydroxylation sites is 1. The molecule has 2 aromatic carbocycles. The second kappa shape index (κ2) is 9.69. The molecule has 2 atom stereocenters. The number of hydrogen-bond donors (Lipinski definition) is 3. The summed E-state index contributed by atoms with van der Waals surface area (Å²) in [6, 6.07) is 16.0. The third-order valence-corrected chi connectivity index (χ3v) is 5.60. The Balaban J connectivity index is 1.91. The van der Waals surface area contributed by atoms with Gasteiger partial charge in [0, 0.05) is 56.3 Å². The molecule has 0 aliphatic carbocycles. The van der Waals surface area contributed by atoms with Crippen molar-refractivity contribution in [3.05, 3.63) is 65.9 Å². The van der Waals surface area contributed by atoms with E-state index in [-0.39, 0.29) is 23.7 Å². The number of rotatable bonds is 8. The maximum Gasteiger partial charge on any atom is 0.242 e. The number of H-pyrrole nitrogens is 1. The molecule has 6 heteroatoms. The zero-order valence-corrected chi connectivity index (χ0v) is 18.9. The van der Waals surface area contributed by atoms with Gasteiger partial charge in [-0.05, 0) is 35.2 Å². The molecular weight excluding hydrogens is 388 g/mol. The van der Waals surface area contributed by atoms with Crippen molar-refractivity contribution in [2.45, 2.75) is 32.7 Å². The fraction of sp³-hybridized carbons (Fsp3) is 0.360. The number of aromatic nitrogens is 1. The van der Waals surface area contributed by atoms with Crippen molar-refractivity contribution in [2.75, 3.05) is 25.5 Å². The van der Waals surface area contributed by atoms with E-state index in [4.69, 9.17) is 0 Å². The monoisotopic (exact) mass is 420 g/mol. The molecule has 31 heavy (non-hydrogen) atoms. The zero-order chi connectivity index (χ0) is 22.5. The summed E-state index contributed by atoms with van der Waals surface area (Å²) in [5.41, 5.74) is 4.44. The highest BCUT2D eigenvalue weighted by Gasteiger charge is 2.25. The fourth-order valence-corrected chi connectivity index (χ4v) is 3.86. The number of fused-ring (bicyclic) bond motifs is 1. The molecular formula is C25H32N4O2. The van der Waals surface area contributed by atoms with Gasteiger partial charge in [-0.2, -0.15) is 0 Å². The molecule has 6 nitrogen and oxygen atoms in total. The van der Waals surface area contributed by atoms with Crippen LogP contribution >= 0.6 is 0 Å². The second-order valence-corrected chi connectivity index (χ2v) is 8.50. The van der Waals surface area contributed by atoms with Crippen LogP contribution in [0.1, 0.15) is 37.8 Å². The smallest absolute Gasteiger partial charge is 0.242 e. The first-order chi connectivity index (χ1) is 14.8. The second-order valence-electron chi connectivity index (χ2n) is 8.50. The van der Waals surface area contributed by atoms with Crippen LogP contribution in [0.3, 0.4) is 0 Å². The minimum Gasteiger partial charge on any atom is -0.378 e. The van der Waals surface area contributed by atoms with Gasteiger partial charge in [0.15, 0.2) is 0 Å². The number of amides is 2. The number of benzene rings is 2. The highest BCUT2D eigenvalue weighted by atomic mass is 16.2. The van der Waals surface area contributed by atoms with E-state index in [1.54, 1.807) is 0 Å². The number of anilines is 1. The Labute approximate surface area is 184 Å². The van der Waals surface area contributed by atoms with E-state index in [0.717, 1.165) is 27.7 Å². The van der Waals surface area contributed by atoms with Crippen molar-refractivity contribution in [2.24, 2.45) is 5.92 Å². The van der Waals surface area contributed by atoms with Crippen molar-refractivity contribution >= 4 is 28.4 Å². The highest BCUT2D eigenvalue weighted by molar-refractivity contribution is 5.87. The van der Waals surface area contributed by atoms with Gasteiger partial charge in [0.1, 0.15) is 6.04 Å². The molecule has 3 rings (SSSR count). The van der Waals surface area contributed by atoms with E-state index in [1.165, 1.54) is 6.92 Å². The van der Waals surface area contributed by atoms with Crippen LogP contribution in [0.4, 0.5) is 5.69 Å².